The molecule has 28 heavy (non-hydrogen) atoms. The molecule has 0 bridgehead atoms. The van der Waals surface area contributed by atoms with E-state index < -0.39 is 11.9 Å². The smallest absolute Gasteiger partial charge is 0.337 e. The number of hydrogen-bond donors (Lipinski definition) is 1. The number of benzene rings is 2. The van der Waals surface area contributed by atoms with Crippen LogP contribution in [0.4, 0.5) is 17.2 Å². The highest BCUT2D eigenvalue weighted by molar-refractivity contribution is 6.03. The molecule has 142 valence electrons. The predicted octanol–water partition coefficient (Wildman–Crippen LogP) is 3.67. The van der Waals surface area contributed by atoms with E-state index in [0.29, 0.717) is 23.6 Å². The number of rotatable bonds is 6. The normalized spacial score (nSPS) is 10.2. The Morgan fingerprint density at radius 3 is 2.46 bits per heavy atom. The lowest BCUT2D eigenvalue weighted by molar-refractivity contribution is 0.0600. The summed E-state index contributed by atoms with van der Waals surface area (Å²) < 4.78 is 4.68. The maximum atomic E-state index is 12.4. The van der Waals surface area contributed by atoms with E-state index in [1.54, 1.807) is 30.5 Å². The van der Waals surface area contributed by atoms with Gasteiger partial charge in [-0.05, 0) is 37.3 Å². The Hall–Kier alpha value is -3.74. The Labute approximate surface area is 163 Å². The van der Waals surface area contributed by atoms with Gasteiger partial charge in [-0.15, -0.1) is 0 Å². The summed E-state index contributed by atoms with van der Waals surface area (Å²) in [5.74, 6) is -0.234. The van der Waals surface area contributed by atoms with Crippen molar-refractivity contribution < 1.29 is 14.3 Å². The molecule has 7 nitrogen and oxygen atoms in total. The Kier molecular flexibility index (Phi) is 5.96. The van der Waals surface area contributed by atoms with E-state index in [1.165, 1.54) is 13.3 Å². The fourth-order valence-electron chi connectivity index (χ4n) is 2.70. The van der Waals surface area contributed by atoms with Crippen LogP contribution in [0.25, 0.3) is 0 Å². The van der Waals surface area contributed by atoms with Crippen molar-refractivity contribution in [2.45, 2.75) is 6.92 Å². The quantitative estimate of drug-likeness (QED) is 0.661. The van der Waals surface area contributed by atoms with E-state index >= 15 is 0 Å². The molecule has 1 aromatic heterocycles. The lowest BCUT2D eigenvalue weighted by Crippen LogP contribution is -2.19. The molecule has 0 aliphatic heterocycles. The van der Waals surface area contributed by atoms with Gasteiger partial charge in [-0.1, -0.05) is 24.3 Å². The predicted molar refractivity (Wildman–Crippen MR) is 107 cm³/mol. The van der Waals surface area contributed by atoms with Crippen LogP contribution in [0.1, 0.15) is 27.8 Å². The summed E-state index contributed by atoms with van der Waals surface area (Å²) >= 11 is 0. The van der Waals surface area contributed by atoms with E-state index in [1.807, 2.05) is 42.2 Å². The Balaban J connectivity index is 1.74. The molecule has 0 saturated carbocycles. The molecule has 0 atom stereocenters. The maximum Gasteiger partial charge on any atom is 0.337 e. The number of hydrogen-bond acceptors (Lipinski definition) is 6. The highest BCUT2D eigenvalue weighted by atomic mass is 16.5. The minimum Gasteiger partial charge on any atom is -0.465 e. The molecule has 2 aromatic carbocycles. The summed E-state index contributed by atoms with van der Waals surface area (Å²) in [6, 6.07) is 16.3. The number of methoxy groups -OCH3 is 1. The number of carbonyl (C=O) groups is 2. The molecule has 0 fully saturated rings. The average Bonchev–Trinajstić information content (AvgIpc) is 2.75. The number of para-hydroxylation sites is 1. The fourth-order valence-corrected chi connectivity index (χ4v) is 2.70. The number of carbonyl (C=O) groups excluding carboxylic acids is 2. The summed E-state index contributed by atoms with van der Waals surface area (Å²) in [5, 5.41) is 2.71. The first-order valence-corrected chi connectivity index (χ1v) is 8.76. The van der Waals surface area contributed by atoms with Gasteiger partial charge >= 0.3 is 5.97 Å². The van der Waals surface area contributed by atoms with Crippen molar-refractivity contribution >= 4 is 29.1 Å². The second kappa shape index (κ2) is 8.77. The summed E-state index contributed by atoms with van der Waals surface area (Å²) in [6.45, 7) is 2.73. The van der Waals surface area contributed by atoms with Gasteiger partial charge in [0.15, 0.2) is 5.82 Å². The fraction of sp³-hybridized carbons (Fsp3) is 0.143. The molecule has 7 heteroatoms. The first-order chi connectivity index (χ1) is 13.6. The molecular weight excluding hydrogens is 356 g/mol. The van der Waals surface area contributed by atoms with Gasteiger partial charge in [-0.2, -0.15) is 0 Å². The Morgan fingerprint density at radius 1 is 1.04 bits per heavy atom. The van der Waals surface area contributed by atoms with Crippen molar-refractivity contribution in [2.75, 3.05) is 23.9 Å². The third-order valence-corrected chi connectivity index (χ3v) is 4.07. The molecule has 0 unspecified atom stereocenters. The van der Waals surface area contributed by atoms with E-state index in [9.17, 15) is 9.59 Å². The van der Waals surface area contributed by atoms with Crippen LogP contribution in [-0.4, -0.2) is 35.5 Å². The van der Waals surface area contributed by atoms with Crippen molar-refractivity contribution in [1.82, 2.24) is 9.97 Å². The zero-order valence-electron chi connectivity index (χ0n) is 15.6. The zero-order chi connectivity index (χ0) is 19.9. The third-order valence-electron chi connectivity index (χ3n) is 4.07. The molecule has 1 amide bonds. The van der Waals surface area contributed by atoms with E-state index in [2.05, 4.69) is 20.0 Å². The minimum absolute atomic E-state index is 0.177. The van der Waals surface area contributed by atoms with Crippen LogP contribution in [-0.2, 0) is 4.74 Å². The first kappa shape index (κ1) is 19.0. The lowest BCUT2D eigenvalue weighted by atomic mass is 10.2. The molecule has 0 spiro atoms. The summed E-state index contributed by atoms with van der Waals surface area (Å²) in [6.07, 6.45) is 3.00. The molecule has 1 heterocycles. The van der Waals surface area contributed by atoms with Crippen LogP contribution in [0, 0.1) is 0 Å². The SMILES string of the molecule is CCN(c1ccccc1)c1cnc(C(=O)Nc2cccc(C(=O)OC)c2)cn1. The van der Waals surface area contributed by atoms with Crippen LogP contribution in [0.15, 0.2) is 67.0 Å². The standard InChI is InChI=1S/C21H20N4O3/c1-3-25(17-10-5-4-6-11-17)19-14-22-18(13-23-19)20(26)24-16-9-7-8-15(12-16)21(27)28-2/h4-14H,3H2,1-2H3,(H,24,26). The van der Waals surface area contributed by atoms with E-state index in [4.69, 9.17) is 0 Å². The van der Waals surface area contributed by atoms with Crippen LogP contribution in [0.2, 0.25) is 0 Å². The number of nitrogens with one attached hydrogen (secondary N) is 1. The Morgan fingerprint density at radius 2 is 1.82 bits per heavy atom. The topological polar surface area (TPSA) is 84.4 Å². The van der Waals surface area contributed by atoms with Gasteiger partial charge in [0.2, 0.25) is 0 Å². The van der Waals surface area contributed by atoms with Crippen molar-refractivity contribution in [3.63, 3.8) is 0 Å². The van der Waals surface area contributed by atoms with E-state index in [-0.39, 0.29) is 5.69 Å². The van der Waals surface area contributed by atoms with Gasteiger partial charge < -0.3 is 15.0 Å². The Bertz CT molecular complexity index is 959. The van der Waals surface area contributed by atoms with Crippen LogP contribution in [0.5, 0.6) is 0 Å². The van der Waals surface area contributed by atoms with Crippen LogP contribution in [0.3, 0.4) is 0 Å². The summed E-state index contributed by atoms with van der Waals surface area (Å²) in [7, 11) is 1.31. The molecule has 0 aliphatic carbocycles. The first-order valence-electron chi connectivity index (χ1n) is 8.76. The molecule has 0 aliphatic rings. The average molecular weight is 376 g/mol. The highest BCUT2D eigenvalue weighted by Crippen LogP contribution is 2.22. The number of ether oxygens (including phenoxy) is 1. The monoisotopic (exact) mass is 376 g/mol. The van der Waals surface area contributed by atoms with Crippen molar-refractivity contribution in [3.05, 3.63) is 78.2 Å². The van der Waals surface area contributed by atoms with Gasteiger partial charge in [0.25, 0.3) is 5.91 Å². The second-order valence-electron chi connectivity index (χ2n) is 5.87. The number of esters is 1. The van der Waals surface area contributed by atoms with Crippen LogP contribution < -0.4 is 10.2 Å². The highest BCUT2D eigenvalue weighted by Gasteiger charge is 2.13. The van der Waals surface area contributed by atoms with Gasteiger partial charge in [-0.25, -0.2) is 14.8 Å². The van der Waals surface area contributed by atoms with Crippen molar-refractivity contribution in [1.29, 1.82) is 0 Å². The zero-order valence-corrected chi connectivity index (χ0v) is 15.6. The number of nitrogens with zero attached hydrogens (tertiary/aromatic N) is 3. The number of amides is 1. The molecule has 0 radical (unpaired) electrons. The van der Waals surface area contributed by atoms with Crippen LogP contribution >= 0.6 is 0 Å². The largest absolute Gasteiger partial charge is 0.465 e. The third kappa shape index (κ3) is 4.32. The maximum absolute atomic E-state index is 12.4. The van der Waals surface area contributed by atoms with Crippen molar-refractivity contribution in [3.8, 4) is 0 Å². The second-order valence-corrected chi connectivity index (χ2v) is 5.87. The summed E-state index contributed by atoms with van der Waals surface area (Å²) in [4.78, 5) is 34.7. The van der Waals surface area contributed by atoms with Gasteiger partial charge in [0.1, 0.15) is 5.69 Å². The molecule has 3 aromatic rings. The number of anilines is 3. The van der Waals surface area contributed by atoms with Crippen molar-refractivity contribution in [2.24, 2.45) is 0 Å². The van der Waals surface area contributed by atoms with E-state index in [0.717, 1.165) is 5.69 Å². The minimum atomic E-state index is -0.471. The number of aromatic nitrogens is 2. The van der Waals surface area contributed by atoms with Gasteiger partial charge in [0.05, 0.1) is 25.1 Å². The summed E-state index contributed by atoms with van der Waals surface area (Å²) in [5.41, 5.74) is 1.99. The molecule has 0 saturated heterocycles. The molecule has 1 N–H and O–H groups in total. The lowest BCUT2D eigenvalue weighted by Gasteiger charge is -2.21. The van der Waals surface area contributed by atoms with Gasteiger partial charge in [-0.3, -0.25) is 4.79 Å². The molecular formula is C21H20N4O3. The van der Waals surface area contributed by atoms with Gasteiger partial charge in [0, 0.05) is 17.9 Å². The molecule has 3 rings (SSSR count).